The predicted molar refractivity (Wildman–Crippen MR) is 101 cm³/mol. The van der Waals surface area contributed by atoms with Gasteiger partial charge in [0.1, 0.15) is 5.75 Å². The fourth-order valence-corrected chi connectivity index (χ4v) is 2.49. The van der Waals surface area contributed by atoms with E-state index in [1.807, 2.05) is 24.3 Å². The Labute approximate surface area is 157 Å². The lowest BCUT2D eigenvalue weighted by atomic mass is 10.2. The molecule has 2 aromatic carbocycles. The van der Waals surface area contributed by atoms with Crippen LogP contribution in [-0.2, 0) is 16.1 Å². The van der Waals surface area contributed by atoms with Crippen LogP contribution in [0.5, 0.6) is 5.75 Å². The number of amides is 2. The van der Waals surface area contributed by atoms with Crippen LogP contribution in [0.3, 0.4) is 0 Å². The molecule has 0 spiro atoms. The van der Waals surface area contributed by atoms with Crippen LogP contribution >= 0.6 is 11.6 Å². The van der Waals surface area contributed by atoms with Gasteiger partial charge in [-0.25, -0.2) is 4.79 Å². The first kappa shape index (κ1) is 19.6. The van der Waals surface area contributed by atoms with Crippen LogP contribution in [0.25, 0.3) is 0 Å². The minimum Gasteiger partial charge on any atom is -0.497 e. The number of hydrogen-bond donors (Lipinski definition) is 1. The summed E-state index contributed by atoms with van der Waals surface area (Å²) in [4.78, 5) is 25.7. The third-order valence-corrected chi connectivity index (χ3v) is 3.94. The highest BCUT2D eigenvalue weighted by molar-refractivity contribution is 6.30. The molecular weight excluding hydrogens is 356 g/mol. The highest BCUT2D eigenvalue weighted by Gasteiger charge is 2.16. The first-order chi connectivity index (χ1) is 12.5. The number of ether oxygens (including phenoxy) is 2. The molecule has 0 saturated carbocycles. The Balaban J connectivity index is 2.10. The lowest BCUT2D eigenvalue weighted by Crippen LogP contribution is -2.36. The highest BCUT2D eigenvalue weighted by Crippen LogP contribution is 2.17. The number of methoxy groups -OCH3 is 2. The van der Waals surface area contributed by atoms with Gasteiger partial charge in [-0.1, -0.05) is 29.8 Å². The summed E-state index contributed by atoms with van der Waals surface area (Å²) in [5.74, 6) is 0.360. The second-order valence-electron chi connectivity index (χ2n) is 5.54. The molecule has 7 heteroatoms. The van der Waals surface area contributed by atoms with Crippen molar-refractivity contribution in [2.24, 2.45) is 0 Å². The molecule has 0 saturated heterocycles. The molecule has 0 fully saturated rings. The summed E-state index contributed by atoms with van der Waals surface area (Å²) >= 11 is 5.95. The minimum absolute atomic E-state index is 0.107. The molecule has 0 atom stereocenters. The molecule has 0 radical (unpaired) electrons. The number of anilines is 1. The fourth-order valence-electron chi connectivity index (χ4n) is 2.30. The highest BCUT2D eigenvalue weighted by atomic mass is 35.5. The van der Waals surface area contributed by atoms with Crippen molar-refractivity contribution in [1.82, 2.24) is 4.90 Å². The maximum Gasteiger partial charge on any atom is 0.322 e. The van der Waals surface area contributed by atoms with Gasteiger partial charge in [0.05, 0.1) is 20.6 Å². The van der Waals surface area contributed by atoms with Crippen molar-refractivity contribution in [2.75, 3.05) is 26.1 Å². The Morgan fingerprint density at radius 2 is 1.85 bits per heavy atom. The quantitative estimate of drug-likeness (QED) is 0.743. The number of nitrogens with one attached hydrogen (secondary N) is 1. The first-order valence-electron chi connectivity index (χ1n) is 8.03. The zero-order chi connectivity index (χ0) is 18.9. The van der Waals surface area contributed by atoms with Crippen molar-refractivity contribution in [3.63, 3.8) is 0 Å². The van der Waals surface area contributed by atoms with E-state index in [1.165, 1.54) is 7.11 Å². The van der Waals surface area contributed by atoms with Crippen molar-refractivity contribution in [3.8, 4) is 5.75 Å². The number of esters is 1. The zero-order valence-electron chi connectivity index (χ0n) is 14.7. The third-order valence-electron chi connectivity index (χ3n) is 3.71. The van der Waals surface area contributed by atoms with Crippen LogP contribution in [0.4, 0.5) is 10.5 Å². The molecule has 0 aromatic heterocycles. The van der Waals surface area contributed by atoms with Crippen LogP contribution in [0.15, 0.2) is 48.5 Å². The van der Waals surface area contributed by atoms with Crippen molar-refractivity contribution >= 4 is 29.3 Å². The van der Waals surface area contributed by atoms with E-state index in [4.69, 9.17) is 16.3 Å². The molecule has 2 amide bonds. The van der Waals surface area contributed by atoms with E-state index >= 15 is 0 Å². The molecular formula is C19H21ClN2O4. The Bertz CT molecular complexity index is 749. The number of benzene rings is 2. The number of hydrogen-bond acceptors (Lipinski definition) is 4. The van der Waals surface area contributed by atoms with Gasteiger partial charge in [0, 0.05) is 23.8 Å². The van der Waals surface area contributed by atoms with E-state index in [0.29, 0.717) is 17.3 Å². The van der Waals surface area contributed by atoms with E-state index in [0.717, 1.165) is 11.3 Å². The molecule has 2 aromatic rings. The zero-order valence-corrected chi connectivity index (χ0v) is 15.5. The Hall–Kier alpha value is -2.73. The van der Waals surface area contributed by atoms with Gasteiger partial charge in [-0.3, -0.25) is 4.79 Å². The van der Waals surface area contributed by atoms with Gasteiger partial charge in [-0.2, -0.15) is 0 Å². The van der Waals surface area contributed by atoms with Crippen LogP contribution in [0.1, 0.15) is 12.0 Å². The summed E-state index contributed by atoms with van der Waals surface area (Å²) < 4.78 is 9.80. The predicted octanol–water partition coefficient (Wildman–Crippen LogP) is 3.95. The Morgan fingerprint density at radius 1 is 1.12 bits per heavy atom. The first-order valence-corrected chi connectivity index (χ1v) is 8.41. The Morgan fingerprint density at radius 3 is 2.46 bits per heavy atom. The molecule has 138 valence electrons. The van der Waals surface area contributed by atoms with Crippen molar-refractivity contribution in [2.45, 2.75) is 13.0 Å². The van der Waals surface area contributed by atoms with Gasteiger partial charge in [0.2, 0.25) is 0 Å². The smallest absolute Gasteiger partial charge is 0.322 e. The molecule has 1 N–H and O–H groups in total. The lowest BCUT2D eigenvalue weighted by Gasteiger charge is -2.23. The molecule has 0 aliphatic heterocycles. The summed E-state index contributed by atoms with van der Waals surface area (Å²) in [6, 6.07) is 13.9. The van der Waals surface area contributed by atoms with Gasteiger partial charge < -0.3 is 19.7 Å². The van der Waals surface area contributed by atoms with Crippen LogP contribution in [-0.4, -0.2) is 37.7 Å². The van der Waals surface area contributed by atoms with Crippen molar-refractivity contribution in [1.29, 1.82) is 0 Å². The van der Waals surface area contributed by atoms with Crippen LogP contribution in [0, 0.1) is 0 Å². The Kier molecular flexibility index (Phi) is 7.29. The minimum atomic E-state index is -0.375. The molecule has 0 aliphatic carbocycles. The van der Waals surface area contributed by atoms with Crippen molar-refractivity contribution in [3.05, 3.63) is 59.1 Å². The molecule has 0 bridgehead atoms. The molecule has 6 nitrogen and oxygen atoms in total. The fraction of sp³-hybridized carbons (Fsp3) is 0.263. The molecule has 2 rings (SSSR count). The van der Waals surface area contributed by atoms with E-state index in [-0.39, 0.29) is 25.0 Å². The number of urea groups is 1. The van der Waals surface area contributed by atoms with Gasteiger partial charge in [-0.05, 0) is 35.9 Å². The summed E-state index contributed by atoms with van der Waals surface area (Å²) in [5, 5.41) is 3.32. The summed E-state index contributed by atoms with van der Waals surface area (Å²) in [7, 11) is 2.91. The molecule has 0 aliphatic rings. The number of carbonyl (C=O) groups is 2. The number of carbonyl (C=O) groups excluding carboxylic acids is 2. The van der Waals surface area contributed by atoms with Gasteiger partial charge in [-0.15, -0.1) is 0 Å². The maximum atomic E-state index is 12.6. The number of halogens is 1. The largest absolute Gasteiger partial charge is 0.497 e. The van der Waals surface area contributed by atoms with Crippen LogP contribution in [0.2, 0.25) is 5.02 Å². The van der Waals surface area contributed by atoms with Crippen molar-refractivity contribution < 1.29 is 19.1 Å². The van der Waals surface area contributed by atoms with E-state index < -0.39 is 0 Å². The molecule has 26 heavy (non-hydrogen) atoms. The average Bonchev–Trinajstić information content (AvgIpc) is 2.65. The topological polar surface area (TPSA) is 67.9 Å². The standard InChI is InChI=1S/C19H21ClN2O4/c1-25-17-8-6-14(7-9-17)13-22(11-10-18(23)26-2)19(24)21-16-5-3-4-15(20)12-16/h3-9,12H,10-11,13H2,1-2H3,(H,21,24). The summed E-state index contributed by atoms with van der Waals surface area (Å²) in [5.41, 5.74) is 1.50. The van der Waals surface area contributed by atoms with Gasteiger partial charge in [0.15, 0.2) is 0 Å². The van der Waals surface area contributed by atoms with E-state index in [1.54, 1.807) is 36.3 Å². The van der Waals surface area contributed by atoms with E-state index in [9.17, 15) is 9.59 Å². The lowest BCUT2D eigenvalue weighted by molar-refractivity contribution is -0.140. The molecule has 0 heterocycles. The maximum absolute atomic E-state index is 12.6. The SMILES string of the molecule is COC(=O)CCN(Cc1ccc(OC)cc1)C(=O)Nc1cccc(Cl)c1. The van der Waals surface area contributed by atoms with E-state index in [2.05, 4.69) is 10.1 Å². The van der Waals surface area contributed by atoms with Gasteiger partial charge in [0.25, 0.3) is 0 Å². The number of rotatable bonds is 7. The summed E-state index contributed by atoms with van der Waals surface area (Å²) in [6.45, 7) is 0.568. The monoisotopic (exact) mass is 376 g/mol. The number of nitrogens with zero attached hydrogens (tertiary/aromatic N) is 1. The second kappa shape index (κ2) is 9.68. The summed E-state index contributed by atoms with van der Waals surface area (Å²) in [6.07, 6.45) is 0.107. The second-order valence-corrected chi connectivity index (χ2v) is 5.97. The molecule has 0 unspecified atom stereocenters. The van der Waals surface area contributed by atoms with Crippen LogP contribution < -0.4 is 10.1 Å². The third kappa shape index (κ3) is 5.97. The normalized spacial score (nSPS) is 10.1. The van der Waals surface area contributed by atoms with Gasteiger partial charge >= 0.3 is 12.0 Å². The average molecular weight is 377 g/mol.